The van der Waals surface area contributed by atoms with E-state index in [9.17, 15) is 4.79 Å². The monoisotopic (exact) mass is 233 g/mol. The van der Waals surface area contributed by atoms with Crippen molar-refractivity contribution in [3.8, 4) is 0 Å². The molecule has 0 spiro atoms. The van der Waals surface area contributed by atoms with Crippen LogP contribution in [0.5, 0.6) is 0 Å². The summed E-state index contributed by atoms with van der Waals surface area (Å²) in [4.78, 5) is 20.0. The molecule has 0 aromatic carbocycles. The maximum absolute atomic E-state index is 12.1. The lowest BCUT2D eigenvalue weighted by Gasteiger charge is -2.30. The molecule has 2 rings (SSSR count). The lowest BCUT2D eigenvalue weighted by Crippen LogP contribution is -2.43. The van der Waals surface area contributed by atoms with Crippen LogP contribution in [-0.2, 0) is 6.54 Å². The van der Waals surface area contributed by atoms with Gasteiger partial charge in [-0.25, -0.2) is 4.79 Å². The van der Waals surface area contributed by atoms with E-state index in [0.29, 0.717) is 6.54 Å². The Morgan fingerprint density at radius 1 is 1.35 bits per heavy atom. The Morgan fingerprint density at radius 2 is 2.12 bits per heavy atom. The number of carbonyl (C=O) groups is 1. The summed E-state index contributed by atoms with van der Waals surface area (Å²) < 4.78 is 0. The van der Waals surface area contributed by atoms with Crippen molar-refractivity contribution in [2.24, 2.45) is 0 Å². The van der Waals surface area contributed by atoms with Crippen molar-refractivity contribution in [2.75, 3.05) is 20.1 Å². The van der Waals surface area contributed by atoms with Crippen LogP contribution in [0, 0.1) is 0 Å². The minimum atomic E-state index is 0.121. The molecule has 0 radical (unpaired) electrons. The summed E-state index contributed by atoms with van der Waals surface area (Å²) in [5.74, 6) is 0. The Morgan fingerprint density at radius 3 is 2.76 bits per heavy atom. The van der Waals surface area contributed by atoms with Crippen LogP contribution in [0.4, 0.5) is 4.79 Å². The van der Waals surface area contributed by atoms with Crippen molar-refractivity contribution < 1.29 is 4.79 Å². The predicted octanol–water partition coefficient (Wildman–Crippen LogP) is 2.12. The van der Waals surface area contributed by atoms with Crippen molar-refractivity contribution in [1.82, 2.24) is 14.8 Å². The molecule has 1 aliphatic rings. The van der Waals surface area contributed by atoms with Crippen LogP contribution in [0.2, 0.25) is 0 Å². The molecule has 1 fully saturated rings. The molecule has 0 bridgehead atoms. The van der Waals surface area contributed by atoms with Gasteiger partial charge in [-0.3, -0.25) is 4.98 Å². The SMILES string of the molecule is CN(Cc1ccccn1)C(=O)N1CCCCC1. The molecular weight excluding hydrogens is 214 g/mol. The minimum Gasteiger partial charge on any atom is -0.325 e. The predicted molar refractivity (Wildman–Crippen MR) is 66.5 cm³/mol. The summed E-state index contributed by atoms with van der Waals surface area (Å²) in [5, 5.41) is 0. The molecule has 1 aromatic heterocycles. The molecule has 2 heterocycles. The van der Waals surface area contributed by atoms with Gasteiger partial charge in [0.15, 0.2) is 0 Å². The summed E-state index contributed by atoms with van der Waals surface area (Å²) in [5.41, 5.74) is 0.931. The number of amides is 2. The van der Waals surface area contributed by atoms with E-state index >= 15 is 0 Å². The van der Waals surface area contributed by atoms with Gasteiger partial charge in [0.2, 0.25) is 0 Å². The van der Waals surface area contributed by atoms with Gasteiger partial charge in [0, 0.05) is 26.3 Å². The largest absolute Gasteiger partial charge is 0.325 e. The first-order chi connectivity index (χ1) is 8.27. The molecule has 0 N–H and O–H groups in total. The summed E-state index contributed by atoms with van der Waals surface area (Å²) in [7, 11) is 1.84. The molecule has 17 heavy (non-hydrogen) atoms. The highest BCUT2D eigenvalue weighted by Crippen LogP contribution is 2.11. The number of piperidine rings is 1. The Labute approximate surface area is 102 Å². The molecule has 1 saturated heterocycles. The summed E-state index contributed by atoms with van der Waals surface area (Å²) >= 11 is 0. The second kappa shape index (κ2) is 5.66. The van der Waals surface area contributed by atoms with Gasteiger partial charge in [0.25, 0.3) is 0 Å². The standard InChI is InChI=1S/C13H19N3O/c1-15(11-12-7-3-4-8-14-12)13(17)16-9-5-2-6-10-16/h3-4,7-8H,2,5-6,9-11H2,1H3. The smallest absolute Gasteiger partial charge is 0.320 e. The van der Waals surface area contributed by atoms with Gasteiger partial charge in [-0.2, -0.15) is 0 Å². The van der Waals surface area contributed by atoms with E-state index in [1.807, 2.05) is 30.1 Å². The molecule has 92 valence electrons. The maximum Gasteiger partial charge on any atom is 0.320 e. The van der Waals surface area contributed by atoms with E-state index in [0.717, 1.165) is 31.6 Å². The number of pyridine rings is 1. The zero-order valence-corrected chi connectivity index (χ0v) is 10.3. The maximum atomic E-state index is 12.1. The number of rotatable bonds is 2. The third kappa shape index (κ3) is 3.19. The van der Waals surface area contributed by atoms with Gasteiger partial charge in [0.05, 0.1) is 12.2 Å². The summed E-state index contributed by atoms with van der Waals surface area (Å²) in [6.45, 7) is 2.37. The summed E-state index contributed by atoms with van der Waals surface area (Å²) in [6.07, 6.45) is 5.26. The Hall–Kier alpha value is -1.58. The van der Waals surface area contributed by atoms with Crippen LogP contribution in [-0.4, -0.2) is 41.0 Å². The molecular formula is C13H19N3O. The lowest BCUT2D eigenvalue weighted by atomic mass is 10.1. The zero-order valence-electron chi connectivity index (χ0n) is 10.3. The first kappa shape index (κ1) is 11.9. The van der Waals surface area contributed by atoms with Crippen molar-refractivity contribution in [3.05, 3.63) is 30.1 Å². The highest BCUT2D eigenvalue weighted by Gasteiger charge is 2.19. The number of hydrogen-bond donors (Lipinski definition) is 0. The summed E-state index contributed by atoms with van der Waals surface area (Å²) in [6, 6.07) is 5.90. The van der Waals surface area contributed by atoms with E-state index in [-0.39, 0.29) is 6.03 Å². The quantitative estimate of drug-likeness (QED) is 0.784. The average molecular weight is 233 g/mol. The van der Waals surface area contributed by atoms with Gasteiger partial charge >= 0.3 is 6.03 Å². The highest BCUT2D eigenvalue weighted by atomic mass is 16.2. The van der Waals surface area contributed by atoms with Crippen LogP contribution >= 0.6 is 0 Å². The van der Waals surface area contributed by atoms with Crippen molar-refractivity contribution in [2.45, 2.75) is 25.8 Å². The Bertz CT molecular complexity index is 360. The second-order valence-corrected chi connectivity index (χ2v) is 4.51. The van der Waals surface area contributed by atoms with Crippen LogP contribution in [0.1, 0.15) is 25.0 Å². The van der Waals surface area contributed by atoms with Gasteiger partial charge in [0.1, 0.15) is 0 Å². The Balaban J connectivity index is 1.90. The molecule has 0 aliphatic carbocycles. The average Bonchev–Trinajstić information content (AvgIpc) is 2.40. The third-order valence-electron chi connectivity index (χ3n) is 3.08. The first-order valence-corrected chi connectivity index (χ1v) is 6.17. The number of likely N-dealkylation sites (tertiary alicyclic amines) is 1. The van der Waals surface area contributed by atoms with Crippen LogP contribution in [0.15, 0.2) is 24.4 Å². The highest BCUT2D eigenvalue weighted by molar-refractivity contribution is 5.74. The van der Waals surface area contributed by atoms with Gasteiger partial charge in [-0.05, 0) is 31.4 Å². The molecule has 4 nitrogen and oxygen atoms in total. The molecule has 0 saturated carbocycles. The molecule has 1 aliphatic heterocycles. The molecule has 0 atom stereocenters. The minimum absolute atomic E-state index is 0.121. The van der Waals surface area contributed by atoms with E-state index in [2.05, 4.69) is 4.98 Å². The van der Waals surface area contributed by atoms with Crippen molar-refractivity contribution >= 4 is 6.03 Å². The van der Waals surface area contributed by atoms with E-state index in [1.165, 1.54) is 6.42 Å². The topological polar surface area (TPSA) is 36.4 Å². The number of carbonyl (C=O) groups excluding carboxylic acids is 1. The third-order valence-corrected chi connectivity index (χ3v) is 3.08. The van der Waals surface area contributed by atoms with Gasteiger partial charge in [-0.15, -0.1) is 0 Å². The van der Waals surface area contributed by atoms with Crippen LogP contribution < -0.4 is 0 Å². The number of urea groups is 1. The molecule has 4 heteroatoms. The molecule has 0 unspecified atom stereocenters. The molecule has 2 amide bonds. The van der Waals surface area contributed by atoms with Crippen LogP contribution in [0.3, 0.4) is 0 Å². The normalized spacial score (nSPS) is 15.7. The number of aromatic nitrogens is 1. The molecule has 1 aromatic rings. The fourth-order valence-corrected chi connectivity index (χ4v) is 2.13. The first-order valence-electron chi connectivity index (χ1n) is 6.17. The fourth-order valence-electron chi connectivity index (χ4n) is 2.13. The number of hydrogen-bond acceptors (Lipinski definition) is 2. The van der Waals surface area contributed by atoms with E-state index in [4.69, 9.17) is 0 Å². The lowest BCUT2D eigenvalue weighted by molar-refractivity contribution is 0.150. The van der Waals surface area contributed by atoms with Gasteiger partial charge in [-0.1, -0.05) is 6.07 Å². The number of nitrogens with zero attached hydrogens (tertiary/aromatic N) is 3. The van der Waals surface area contributed by atoms with E-state index < -0.39 is 0 Å². The second-order valence-electron chi connectivity index (χ2n) is 4.51. The van der Waals surface area contributed by atoms with Crippen molar-refractivity contribution in [3.63, 3.8) is 0 Å². The van der Waals surface area contributed by atoms with Gasteiger partial charge < -0.3 is 9.80 Å². The van der Waals surface area contributed by atoms with E-state index in [1.54, 1.807) is 11.1 Å². The van der Waals surface area contributed by atoms with Crippen molar-refractivity contribution in [1.29, 1.82) is 0 Å². The zero-order chi connectivity index (χ0) is 12.1. The Kier molecular flexibility index (Phi) is 3.96. The fraction of sp³-hybridized carbons (Fsp3) is 0.538. The van der Waals surface area contributed by atoms with Crippen LogP contribution in [0.25, 0.3) is 0 Å².